The summed E-state index contributed by atoms with van der Waals surface area (Å²) in [4.78, 5) is 2.31. The van der Waals surface area contributed by atoms with E-state index in [1.165, 1.54) is 12.8 Å². The lowest BCUT2D eigenvalue weighted by molar-refractivity contribution is 0.0980. The summed E-state index contributed by atoms with van der Waals surface area (Å²) in [5.41, 5.74) is 4.18. The van der Waals surface area contributed by atoms with Crippen LogP contribution in [0.3, 0.4) is 0 Å². The Kier molecular flexibility index (Phi) is 5.79. The monoisotopic (exact) mass is 359 g/mol. The smallest absolute Gasteiger partial charge is 0.0823 e. The number of hydrogen-bond acceptors (Lipinski definition) is 5. The van der Waals surface area contributed by atoms with E-state index in [0.717, 1.165) is 29.6 Å². The van der Waals surface area contributed by atoms with Crippen LogP contribution in [-0.4, -0.2) is 48.0 Å². The molecule has 1 fully saturated rings. The molecule has 2 rings (SSSR count). The number of nitrogens with zero attached hydrogens (tertiary/aromatic N) is 3. The molecule has 0 saturated heterocycles. The molecule has 6 nitrogen and oxygen atoms in total. The van der Waals surface area contributed by atoms with Gasteiger partial charge in [0.15, 0.2) is 0 Å². The van der Waals surface area contributed by atoms with Crippen LogP contribution in [0.15, 0.2) is 10.7 Å². The van der Waals surface area contributed by atoms with Gasteiger partial charge in [-0.05, 0) is 42.9 Å². The molecule has 1 unspecified atom stereocenters. The van der Waals surface area contributed by atoms with Gasteiger partial charge in [-0.1, -0.05) is 12.8 Å². The number of rotatable bonds is 7. The maximum absolute atomic E-state index is 5.96. The van der Waals surface area contributed by atoms with Crippen molar-refractivity contribution in [1.29, 1.82) is 0 Å². The lowest BCUT2D eigenvalue weighted by atomic mass is 9.85. The highest BCUT2D eigenvalue weighted by Crippen LogP contribution is 2.44. The zero-order valence-electron chi connectivity index (χ0n) is 13.1. The second-order valence-electron chi connectivity index (χ2n) is 5.90. The average Bonchev–Trinajstić information content (AvgIpc) is 3.08. The number of hydrazine groups is 1. The van der Waals surface area contributed by atoms with Gasteiger partial charge < -0.3 is 9.64 Å². The maximum atomic E-state index is 5.96. The van der Waals surface area contributed by atoms with Crippen molar-refractivity contribution in [3.8, 4) is 0 Å². The number of aromatic nitrogens is 2. The van der Waals surface area contributed by atoms with Gasteiger partial charge in [0.1, 0.15) is 0 Å². The fourth-order valence-electron chi connectivity index (χ4n) is 3.48. The van der Waals surface area contributed by atoms with Gasteiger partial charge in [-0.15, -0.1) is 0 Å². The lowest BCUT2D eigenvalue weighted by Crippen LogP contribution is -2.54. The van der Waals surface area contributed by atoms with Crippen LogP contribution in [0, 0.1) is 0 Å². The van der Waals surface area contributed by atoms with Crippen molar-refractivity contribution in [1.82, 2.24) is 20.1 Å². The summed E-state index contributed by atoms with van der Waals surface area (Å²) in [6, 6.07) is 0.0312. The van der Waals surface area contributed by atoms with Gasteiger partial charge in [-0.2, -0.15) is 5.10 Å². The number of likely N-dealkylation sites (N-methyl/N-ethyl adjacent to an activating group) is 1. The summed E-state index contributed by atoms with van der Waals surface area (Å²) in [6.45, 7) is 1.35. The highest BCUT2D eigenvalue weighted by molar-refractivity contribution is 9.10. The Morgan fingerprint density at radius 3 is 2.71 bits per heavy atom. The minimum Gasteiger partial charge on any atom is -0.383 e. The predicted molar refractivity (Wildman–Crippen MR) is 86.8 cm³/mol. The molecule has 1 aliphatic rings. The van der Waals surface area contributed by atoms with Crippen LogP contribution >= 0.6 is 15.9 Å². The standard InChI is InChI=1S/C14H26BrN5O/c1-19(2)14(6-4-5-7-14)13(18-16)12-11(15)10-17-20(12)8-9-21-3/h10,13,18H,4-9,16H2,1-3H3. The summed E-state index contributed by atoms with van der Waals surface area (Å²) in [5.74, 6) is 5.96. The average molecular weight is 360 g/mol. The number of nitrogens with one attached hydrogen (secondary N) is 1. The van der Waals surface area contributed by atoms with Crippen LogP contribution in [0.5, 0.6) is 0 Å². The molecule has 21 heavy (non-hydrogen) atoms. The normalized spacial score (nSPS) is 19.3. The van der Waals surface area contributed by atoms with E-state index in [-0.39, 0.29) is 11.6 Å². The van der Waals surface area contributed by atoms with Crippen molar-refractivity contribution in [2.75, 3.05) is 27.8 Å². The SMILES string of the molecule is COCCn1ncc(Br)c1C(NN)C1(N(C)C)CCCC1. The van der Waals surface area contributed by atoms with E-state index < -0.39 is 0 Å². The van der Waals surface area contributed by atoms with E-state index in [9.17, 15) is 0 Å². The van der Waals surface area contributed by atoms with E-state index in [2.05, 4.69) is 45.4 Å². The molecule has 0 aromatic carbocycles. The summed E-state index contributed by atoms with van der Waals surface area (Å²) in [6.07, 6.45) is 6.58. The van der Waals surface area contributed by atoms with E-state index in [0.29, 0.717) is 6.61 Å². The van der Waals surface area contributed by atoms with Gasteiger partial charge in [-0.25, -0.2) is 5.43 Å². The molecule has 0 aliphatic heterocycles. The van der Waals surface area contributed by atoms with Gasteiger partial charge in [0.05, 0.1) is 35.6 Å². The molecular weight excluding hydrogens is 334 g/mol. The molecule has 1 heterocycles. The minimum absolute atomic E-state index is 0.0299. The Bertz CT molecular complexity index is 456. The van der Waals surface area contributed by atoms with Crippen molar-refractivity contribution in [3.05, 3.63) is 16.4 Å². The Morgan fingerprint density at radius 2 is 2.19 bits per heavy atom. The van der Waals surface area contributed by atoms with Gasteiger partial charge >= 0.3 is 0 Å². The number of nitrogens with two attached hydrogens (primary N) is 1. The van der Waals surface area contributed by atoms with E-state index in [4.69, 9.17) is 10.6 Å². The van der Waals surface area contributed by atoms with Crippen molar-refractivity contribution < 1.29 is 4.74 Å². The lowest BCUT2D eigenvalue weighted by Gasteiger charge is -2.43. The molecule has 0 radical (unpaired) electrons. The molecule has 7 heteroatoms. The highest BCUT2D eigenvalue weighted by atomic mass is 79.9. The first kappa shape index (κ1) is 16.9. The van der Waals surface area contributed by atoms with Crippen LogP contribution in [0.4, 0.5) is 0 Å². The first-order valence-corrected chi connectivity index (χ1v) is 8.20. The Balaban J connectivity index is 2.38. The fraction of sp³-hybridized carbons (Fsp3) is 0.786. The molecule has 1 atom stereocenters. The van der Waals surface area contributed by atoms with E-state index in [1.54, 1.807) is 7.11 Å². The summed E-state index contributed by atoms with van der Waals surface area (Å²) in [7, 11) is 5.98. The van der Waals surface area contributed by atoms with Crippen molar-refractivity contribution in [2.24, 2.45) is 5.84 Å². The Hall–Kier alpha value is -0.470. The number of ether oxygens (including phenoxy) is 1. The maximum Gasteiger partial charge on any atom is 0.0823 e. The second kappa shape index (κ2) is 7.19. The van der Waals surface area contributed by atoms with E-state index in [1.807, 2.05) is 10.9 Å². The Labute approximate surface area is 135 Å². The van der Waals surface area contributed by atoms with Crippen LogP contribution in [-0.2, 0) is 11.3 Å². The van der Waals surface area contributed by atoms with Gasteiger partial charge in [-0.3, -0.25) is 10.5 Å². The van der Waals surface area contributed by atoms with Gasteiger partial charge in [0, 0.05) is 12.6 Å². The number of halogens is 1. The zero-order valence-corrected chi connectivity index (χ0v) is 14.7. The largest absolute Gasteiger partial charge is 0.383 e. The molecule has 3 N–H and O–H groups in total. The molecular formula is C14H26BrN5O. The Morgan fingerprint density at radius 1 is 1.52 bits per heavy atom. The van der Waals surface area contributed by atoms with Gasteiger partial charge in [0.25, 0.3) is 0 Å². The van der Waals surface area contributed by atoms with Crippen molar-refractivity contribution in [3.63, 3.8) is 0 Å². The molecule has 0 spiro atoms. The van der Waals surface area contributed by atoms with Crippen LogP contribution < -0.4 is 11.3 Å². The number of hydrogen-bond donors (Lipinski definition) is 2. The van der Waals surface area contributed by atoms with Crippen molar-refractivity contribution >= 4 is 15.9 Å². The summed E-state index contributed by atoms with van der Waals surface area (Å²) >= 11 is 3.63. The third-order valence-corrected chi connectivity index (χ3v) is 5.29. The minimum atomic E-state index is 0.0299. The molecule has 0 bridgehead atoms. The first-order chi connectivity index (χ1) is 10.1. The van der Waals surface area contributed by atoms with Crippen LogP contribution in [0.1, 0.15) is 37.4 Å². The molecule has 1 saturated carbocycles. The van der Waals surface area contributed by atoms with E-state index >= 15 is 0 Å². The molecule has 1 aromatic rings. The topological polar surface area (TPSA) is 68.3 Å². The highest BCUT2D eigenvalue weighted by Gasteiger charge is 2.45. The molecule has 120 valence electrons. The quantitative estimate of drug-likeness (QED) is 0.572. The third kappa shape index (κ3) is 3.17. The summed E-state index contributed by atoms with van der Waals surface area (Å²) < 4.78 is 8.17. The fourth-order valence-corrected chi connectivity index (χ4v) is 4.01. The first-order valence-electron chi connectivity index (χ1n) is 7.40. The number of methoxy groups -OCH3 is 1. The second-order valence-corrected chi connectivity index (χ2v) is 6.75. The van der Waals surface area contributed by atoms with Crippen LogP contribution in [0.2, 0.25) is 0 Å². The van der Waals surface area contributed by atoms with Gasteiger partial charge in [0.2, 0.25) is 0 Å². The predicted octanol–water partition coefficient (Wildman–Crippen LogP) is 1.67. The summed E-state index contributed by atoms with van der Waals surface area (Å²) in [5, 5.41) is 4.46. The molecule has 1 aromatic heterocycles. The van der Waals surface area contributed by atoms with Crippen molar-refractivity contribution in [2.45, 2.75) is 43.8 Å². The van der Waals surface area contributed by atoms with Crippen LogP contribution in [0.25, 0.3) is 0 Å². The zero-order chi connectivity index (χ0) is 15.5. The molecule has 0 amide bonds. The third-order valence-electron chi connectivity index (χ3n) is 4.68. The molecule has 1 aliphatic carbocycles.